The number of H-pyrrole nitrogens is 1. The van der Waals surface area contributed by atoms with E-state index in [1.165, 1.54) is 0 Å². The van der Waals surface area contributed by atoms with Crippen LogP contribution in [0.3, 0.4) is 0 Å². The summed E-state index contributed by atoms with van der Waals surface area (Å²) in [6.07, 6.45) is 5.05. The van der Waals surface area contributed by atoms with Gasteiger partial charge in [0.2, 0.25) is 0 Å². The number of imidazole rings is 1. The molecule has 0 saturated heterocycles. The van der Waals surface area contributed by atoms with E-state index < -0.39 is 0 Å². The topological polar surface area (TPSA) is 80.9 Å². The number of rotatable bonds is 6. The highest BCUT2D eigenvalue weighted by Gasteiger charge is 2.21. The summed E-state index contributed by atoms with van der Waals surface area (Å²) in [5.41, 5.74) is 4.30. The summed E-state index contributed by atoms with van der Waals surface area (Å²) in [6.45, 7) is 0. The SMILES string of the molecule is O=Cc1cccc(-c2cn3c(=O)c(Cc4ccco4)nc-3c(Cc3ccccc3)[nH]2)c1. The van der Waals surface area contributed by atoms with Gasteiger partial charge in [-0.15, -0.1) is 0 Å². The maximum Gasteiger partial charge on any atom is 0.278 e. The Labute approximate surface area is 178 Å². The number of nitrogens with zero attached hydrogens (tertiary/aromatic N) is 2. The van der Waals surface area contributed by atoms with Crippen molar-refractivity contribution in [2.45, 2.75) is 12.8 Å². The first-order valence-corrected chi connectivity index (χ1v) is 9.96. The predicted molar refractivity (Wildman–Crippen MR) is 117 cm³/mol. The number of carbonyl (C=O) groups excluding carboxylic acids is 1. The molecule has 31 heavy (non-hydrogen) atoms. The number of aromatic nitrogens is 3. The number of hydrogen-bond donors (Lipinski definition) is 1. The Kier molecular flexibility index (Phi) is 4.80. The van der Waals surface area contributed by atoms with Gasteiger partial charge in [0.15, 0.2) is 5.82 Å². The molecule has 2 aliphatic heterocycles. The van der Waals surface area contributed by atoms with Gasteiger partial charge < -0.3 is 9.40 Å². The van der Waals surface area contributed by atoms with E-state index in [2.05, 4.69) is 9.97 Å². The van der Waals surface area contributed by atoms with Crippen LogP contribution >= 0.6 is 0 Å². The average molecular weight is 409 g/mol. The standard InChI is InChI=1S/C25H19N3O3/c29-16-18-8-4-9-19(12-18)23-15-28-24(21(26-23)13-17-6-2-1-3-7-17)27-22(25(28)30)14-20-10-5-11-31-20/h1-12,15-16,26H,13-14H2. The summed E-state index contributed by atoms with van der Waals surface area (Å²) < 4.78 is 6.98. The summed E-state index contributed by atoms with van der Waals surface area (Å²) in [5.74, 6) is 1.28. The number of fused-ring (bicyclic) bond motifs is 1. The molecule has 6 nitrogen and oxygen atoms in total. The third kappa shape index (κ3) is 3.71. The Hall–Kier alpha value is -4.19. The first-order valence-electron chi connectivity index (χ1n) is 9.96. The summed E-state index contributed by atoms with van der Waals surface area (Å²) in [7, 11) is 0. The molecule has 3 heterocycles. The molecule has 0 bridgehead atoms. The lowest BCUT2D eigenvalue weighted by molar-refractivity contribution is 0.112. The second kappa shape index (κ2) is 7.91. The van der Waals surface area contributed by atoms with E-state index in [0.29, 0.717) is 35.7 Å². The molecule has 0 atom stereocenters. The van der Waals surface area contributed by atoms with Crippen molar-refractivity contribution in [1.82, 2.24) is 14.5 Å². The Morgan fingerprint density at radius 1 is 1.00 bits per heavy atom. The monoisotopic (exact) mass is 409 g/mol. The third-order valence-corrected chi connectivity index (χ3v) is 5.23. The molecule has 0 radical (unpaired) electrons. The van der Waals surface area contributed by atoms with Gasteiger partial charge in [0.05, 0.1) is 24.1 Å². The van der Waals surface area contributed by atoms with Crippen LogP contribution in [0.15, 0.2) is 88.4 Å². The van der Waals surface area contributed by atoms with Gasteiger partial charge in [-0.25, -0.2) is 4.98 Å². The molecule has 0 aliphatic carbocycles. The van der Waals surface area contributed by atoms with E-state index in [1.54, 1.807) is 35.2 Å². The third-order valence-electron chi connectivity index (χ3n) is 5.23. The van der Waals surface area contributed by atoms with Gasteiger partial charge in [-0.1, -0.05) is 48.5 Å². The van der Waals surface area contributed by atoms with Crippen LogP contribution in [-0.2, 0) is 12.8 Å². The highest BCUT2D eigenvalue weighted by molar-refractivity contribution is 5.78. The lowest BCUT2D eigenvalue weighted by Crippen LogP contribution is -2.17. The largest absolute Gasteiger partial charge is 0.469 e. The van der Waals surface area contributed by atoms with Crippen LogP contribution in [0.2, 0.25) is 0 Å². The molecule has 0 saturated carbocycles. The number of aldehydes is 1. The highest BCUT2D eigenvalue weighted by Crippen LogP contribution is 2.24. The molecule has 2 aromatic carbocycles. The average Bonchev–Trinajstić information content (AvgIpc) is 3.43. The molecule has 0 unspecified atom stereocenters. The molecule has 2 aliphatic rings. The van der Waals surface area contributed by atoms with Crippen molar-refractivity contribution < 1.29 is 9.21 Å². The fourth-order valence-electron chi connectivity index (χ4n) is 3.72. The lowest BCUT2D eigenvalue weighted by atomic mass is 10.1. The zero-order chi connectivity index (χ0) is 21.2. The zero-order valence-corrected chi connectivity index (χ0v) is 16.6. The van der Waals surface area contributed by atoms with Crippen molar-refractivity contribution in [2.75, 3.05) is 0 Å². The molecule has 6 heteroatoms. The van der Waals surface area contributed by atoms with Gasteiger partial charge in [0.25, 0.3) is 5.56 Å². The van der Waals surface area contributed by atoms with Crippen LogP contribution in [0.4, 0.5) is 0 Å². The van der Waals surface area contributed by atoms with E-state index in [1.807, 2.05) is 48.5 Å². The molecular formula is C25H19N3O3. The maximum atomic E-state index is 13.2. The van der Waals surface area contributed by atoms with Gasteiger partial charge in [0, 0.05) is 23.7 Å². The van der Waals surface area contributed by atoms with Crippen molar-refractivity contribution >= 4 is 6.29 Å². The number of aromatic amines is 1. The van der Waals surface area contributed by atoms with E-state index in [9.17, 15) is 9.59 Å². The molecular weight excluding hydrogens is 390 g/mol. The van der Waals surface area contributed by atoms with Crippen molar-refractivity contribution in [3.05, 3.63) is 118 Å². The minimum atomic E-state index is -0.178. The van der Waals surface area contributed by atoms with Gasteiger partial charge in [-0.3, -0.25) is 14.2 Å². The number of carbonyl (C=O) groups is 1. The Bertz CT molecular complexity index is 1370. The quantitative estimate of drug-likeness (QED) is 0.425. The molecule has 152 valence electrons. The van der Waals surface area contributed by atoms with Gasteiger partial charge in [-0.2, -0.15) is 0 Å². The molecule has 0 spiro atoms. The van der Waals surface area contributed by atoms with Crippen LogP contribution in [0, 0.1) is 0 Å². The predicted octanol–water partition coefficient (Wildman–Crippen LogP) is 4.25. The second-order valence-electron chi connectivity index (χ2n) is 7.37. The minimum absolute atomic E-state index is 0.178. The van der Waals surface area contributed by atoms with Crippen LogP contribution in [-0.4, -0.2) is 20.8 Å². The fourth-order valence-corrected chi connectivity index (χ4v) is 3.72. The van der Waals surface area contributed by atoms with E-state index in [-0.39, 0.29) is 5.56 Å². The van der Waals surface area contributed by atoms with Crippen LogP contribution in [0.5, 0.6) is 0 Å². The number of hydrogen-bond acceptors (Lipinski definition) is 4. The Morgan fingerprint density at radius 3 is 2.65 bits per heavy atom. The number of benzene rings is 2. The molecule has 0 fully saturated rings. The first-order chi connectivity index (χ1) is 15.2. The van der Waals surface area contributed by atoms with E-state index in [0.717, 1.165) is 28.8 Å². The van der Waals surface area contributed by atoms with Crippen molar-refractivity contribution in [2.24, 2.45) is 0 Å². The van der Waals surface area contributed by atoms with Crippen molar-refractivity contribution in [3.8, 4) is 17.1 Å². The van der Waals surface area contributed by atoms with Gasteiger partial charge in [0.1, 0.15) is 17.7 Å². The normalized spacial score (nSPS) is 11.1. The Balaban J connectivity index is 1.67. The van der Waals surface area contributed by atoms with Crippen molar-refractivity contribution in [1.29, 1.82) is 0 Å². The molecule has 0 amide bonds. The number of nitrogens with one attached hydrogen (secondary N) is 1. The number of furan rings is 1. The lowest BCUT2D eigenvalue weighted by Gasteiger charge is -2.13. The Morgan fingerprint density at radius 2 is 1.87 bits per heavy atom. The van der Waals surface area contributed by atoms with Crippen LogP contribution in [0.1, 0.15) is 33.1 Å². The minimum Gasteiger partial charge on any atom is -0.469 e. The molecule has 1 N–H and O–H groups in total. The van der Waals surface area contributed by atoms with Crippen molar-refractivity contribution in [3.63, 3.8) is 0 Å². The second-order valence-corrected chi connectivity index (χ2v) is 7.37. The summed E-state index contributed by atoms with van der Waals surface area (Å²) in [4.78, 5) is 32.5. The maximum absolute atomic E-state index is 13.2. The van der Waals surface area contributed by atoms with Crippen LogP contribution < -0.4 is 5.56 Å². The van der Waals surface area contributed by atoms with Crippen LogP contribution in [0.25, 0.3) is 17.1 Å². The fraction of sp³-hybridized carbons (Fsp3) is 0.0800. The first kappa shape index (κ1) is 18.8. The molecule has 5 rings (SSSR count). The van der Waals surface area contributed by atoms with E-state index in [4.69, 9.17) is 4.42 Å². The van der Waals surface area contributed by atoms with Gasteiger partial charge >= 0.3 is 0 Å². The summed E-state index contributed by atoms with van der Waals surface area (Å²) in [6, 6.07) is 20.9. The summed E-state index contributed by atoms with van der Waals surface area (Å²) >= 11 is 0. The molecule has 3 aromatic rings. The smallest absolute Gasteiger partial charge is 0.278 e. The zero-order valence-electron chi connectivity index (χ0n) is 16.6. The van der Waals surface area contributed by atoms with E-state index >= 15 is 0 Å². The highest BCUT2D eigenvalue weighted by atomic mass is 16.3. The summed E-state index contributed by atoms with van der Waals surface area (Å²) in [5, 5.41) is 0. The van der Waals surface area contributed by atoms with Gasteiger partial charge in [-0.05, 0) is 23.8 Å². The molecule has 1 aromatic heterocycles.